The van der Waals surface area contributed by atoms with Crippen LogP contribution in [0.4, 0.5) is 0 Å². The molecule has 1 aromatic carbocycles. The summed E-state index contributed by atoms with van der Waals surface area (Å²) in [4.78, 5) is 0. The molecule has 114 valence electrons. The molecule has 0 fully saturated rings. The minimum atomic E-state index is 0.467. The van der Waals surface area contributed by atoms with E-state index in [1.165, 1.54) is 11.1 Å². The maximum Gasteiger partial charge on any atom is 0.146 e. The molecular weight excluding hydrogens is 262 g/mol. The number of benzene rings is 1. The molecule has 0 amide bonds. The lowest BCUT2D eigenvalue weighted by atomic mass is 10.0. The molecule has 21 heavy (non-hydrogen) atoms. The number of ether oxygens (including phenoxy) is 1. The number of furan rings is 1. The smallest absolute Gasteiger partial charge is 0.146 e. The van der Waals surface area contributed by atoms with E-state index in [4.69, 9.17) is 9.15 Å². The zero-order valence-electron chi connectivity index (χ0n) is 13.4. The van der Waals surface area contributed by atoms with Crippen molar-refractivity contribution in [1.82, 2.24) is 5.32 Å². The van der Waals surface area contributed by atoms with Gasteiger partial charge in [-0.05, 0) is 48.7 Å². The van der Waals surface area contributed by atoms with E-state index in [0.717, 1.165) is 30.4 Å². The summed E-state index contributed by atoms with van der Waals surface area (Å²) in [6, 6.07) is 10.3. The number of nitrogens with one attached hydrogen (secondary N) is 1. The van der Waals surface area contributed by atoms with Crippen molar-refractivity contribution in [3.05, 3.63) is 53.0 Å². The highest BCUT2D eigenvalue weighted by Crippen LogP contribution is 2.22. The van der Waals surface area contributed by atoms with Gasteiger partial charge in [0.15, 0.2) is 0 Å². The molecule has 3 nitrogen and oxygen atoms in total. The summed E-state index contributed by atoms with van der Waals surface area (Å²) in [5.74, 6) is 3.26. The van der Waals surface area contributed by atoms with Gasteiger partial charge in [-0.3, -0.25) is 0 Å². The van der Waals surface area contributed by atoms with Gasteiger partial charge in [-0.25, -0.2) is 0 Å². The number of rotatable bonds is 7. The van der Waals surface area contributed by atoms with E-state index in [1.54, 1.807) is 0 Å². The summed E-state index contributed by atoms with van der Waals surface area (Å²) in [6.07, 6.45) is 0. The summed E-state index contributed by atoms with van der Waals surface area (Å²) in [5.41, 5.74) is 2.46. The molecule has 0 saturated heterocycles. The molecule has 0 spiro atoms. The van der Waals surface area contributed by atoms with Crippen LogP contribution in [0.5, 0.6) is 5.75 Å². The minimum absolute atomic E-state index is 0.467. The van der Waals surface area contributed by atoms with Crippen molar-refractivity contribution >= 4 is 0 Å². The Kier molecular flexibility index (Phi) is 5.45. The van der Waals surface area contributed by atoms with E-state index in [1.807, 2.05) is 12.1 Å². The lowest BCUT2D eigenvalue weighted by Gasteiger charge is -2.09. The second kappa shape index (κ2) is 7.32. The monoisotopic (exact) mass is 287 g/mol. The molecular formula is C18H25NO2. The summed E-state index contributed by atoms with van der Waals surface area (Å²) in [6.45, 7) is 10.7. The largest absolute Gasteiger partial charge is 0.486 e. The van der Waals surface area contributed by atoms with Gasteiger partial charge in [0.2, 0.25) is 0 Å². The fourth-order valence-electron chi connectivity index (χ4n) is 2.19. The molecule has 0 atom stereocenters. The summed E-state index contributed by atoms with van der Waals surface area (Å²) >= 11 is 0. The van der Waals surface area contributed by atoms with Crippen molar-refractivity contribution in [2.24, 2.45) is 0 Å². The van der Waals surface area contributed by atoms with E-state index in [-0.39, 0.29) is 0 Å². The molecule has 1 aromatic heterocycles. The van der Waals surface area contributed by atoms with Gasteiger partial charge >= 0.3 is 0 Å². The molecule has 1 N–H and O–H groups in total. The fraction of sp³-hybridized carbons (Fsp3) is 0.444. The van der Waals surface area contributed by atoms with Crippen LogP contribution >= 0.6 is 0 Å². The molecule has 0 unspecified atom stereocenters. The van der Waals surface area contributed by atoms with Crippen LogP contribution in [0.3, 0.4) is 0 Å². The van der Waals surface area contributed by atoms with Gasteiger partial charge in [0, 0.05) is 0 Å². The van der Waals surface area contributed by atoms with Gasteiger partial charge in [-0.1, -0.05) is 32.9 Å². The Morgan fingerprint density at radius 1 is 1.24 bits per heavy atom. The van der Waals surface area contributed by atoms with Crippen LogP contribution in [0.1, 0.15) is 49.3 Å². The number of hydrogen-bond donors (Lipinski definition) is 1. The van der Waals surface area contributed by atoms with Gasteiger partial charge in [0.25, 0.3) is 0 Å². The van der Waals surface area contributed by atoms with Crippen molar-refractivity contribution in [1.29, 1.82) is 0 Å². The predicted octanol–water partition coefficient (Wildman–Crippen LogP) is 4.40. The van der Waals surface area contributed by atoms with Crippen molar-refractivity contribution in [2.45, 2.75) is 46.8 Å². The van der Waals surface area contributed by atoms with Crippen molar-refractivity contribution in [3.63, 3.8) is 0 Å². The first-order chi connectivity index (χ1) is 10.1. The van der Waals surface area contributed by atoms with Crippen molar-refractivity contribution < 1.29 is 9.15 Å². The zero-order valence-corrected chi connectivity index (χ0v) is 13.4. The average Bonchev–Trinajstić information content (AvgIpc) is 2.83. The Labute approximate surface area is 127 Å². The standard InChI is InChI=1S/C18H25NO2/c1-5-19-11-18-14(4)9-17(21-18)12-20-16-8-6-7-15(10-16)13(2)3/h6-10,13,19H,5,11-12H2,1-4H3. The van der Waals surface area contributed by atoms with Gasteiger partial charge in [-0.15, -0.1) is 0 Å². The van der Waals surface area contributed by atoms with Crippen LogP contribution < -0.4 is 10.1 Å². The van der Waals surface area contributed by atoms with E-state index < -0.39 is 0 Å². The summed E-state index contributed by atoms with van der Waals surface area (Å²) in [5, 5.41) is 3.28. The third kappa shape index (κ3) is 4.36. The quantitative estimate of drug-likeness (QED) is 0.819. The zero-order chi connectivity index (χ0) is 15.2. The Bertz CT molecular complexity index is 572. The molecule has 0 aliphatic carbocycles. The van der Waals surface area contributed by atoms with E-state index in [0.29, 0.717) is 12.5 Å². The average molecular weight is 287 g/mol. The van der Waals surface area contributed by atoms with Gasteiger partial charge in [-0.2, -0.15) is 0 Å². The molecule has 0 bridgehead atoms. The fourth-order valence-corrected chi connectivity index (χ4v) is 2.19. The topological polar surface area (TPSA) is 34.4 Å². The molecule has 0 aliphatic heterocycles. The highest BCUT2D eigenvalue weighted by atomic mass is 16.5. The Morgan fingerprint density at radius 3 is 2.76 bits per heavy atom. The van der Waals surface area contributed by atoms with Gasteiger partial charge < -0.3 is 14.5 Å². The Morgan fingerprint density at radius 2 is 2.05 bits per heavy atom. The van der Waals surface area contributed by atoms with Crippen LogP contribution in [0.25, 0.3) is 0 Å². The molecule has 2 aromatic rings. The maximum absolute atomic E-state index is 5.84. The Balaban J connectivity index is 1.98. The highest BCUT2D eigenvalue weighted by Gasteiger charge is 2.08. The first-order valence-corrected chi connectivity index (χ1v) is 7.61. The molecule has 0 saturated carbocycles. The third-order valence-corrected chi connectivity index (χ3v) is 3.51. The van der Waals surface area contributed by atoms with Crippen LogP contribution in [0, 0.1) is 6.92 Å². The number of hydrogen-bond acceptors (Lipinski definition) is 3. The normalized spacial score (nSPS) is 11.1. The summed E-state index contributed by atoms with van der Waals surface area (Å²) in [7, 11) is 0. The third-order valence-electron chi connectivity index (χ3n) is 3.51. The summed E-state index contributed by atoms with van der Waals surface area (Å²) < 4.78 is 11.7. The maximum atomic E-state index is 5.84. The van der Waals surface area contributed by atoms with Crippen LogP contribution in [0.15, 0.2) is 34.7 Å². The number of aryl methyl sites for hydroxylation is 1. The molecule has 0 aliphatic rings. The van der Waals surface area contributed by atoms with Crippen molar-refractivity contribution in [3.8, 4) is 5.75 Å². The predicted molar refractivity (Wildman–Crippen MR) is 85.7 cm³/mol. The lowest BCUT2D eigenvalue weighted by molar-refractivity contribution is 0.265. The van der Waals surface area contributed by atoms with Gasteiger partial charge in [0.1, 0.15) is 23.9 Å². The Hall–Kier alpha value is -1.74. The minimum Gasteiger partial charge on any atom is -0.486 e. The molecule has 1 heterocycles. The molecule has 0 radical (unpaired) electrons. The lowest BCUT2D eigenvalue weighted by Crippen LogP contribution is -2.11. The van der Waals surface area contributed by atoms with E-state index in [9.17, 15) is 0 Å². The van der Waals surface area contributed by atoms with Crippen molar-refractivity contribution in [2.75, 3.05) is 6.54 Å². The highest BCUT2D eigenvalue weighted by molar-refractivity contribution is 5.30. The van der Waals surface area contributed by atoms with E-state index in [2.05, 4.69) is 51.2 Å². The van der Waals surface area contributed by atoms with Gasteiger partial charge in [0.05, 0.1) is 6.54 Å². The van der Waals surface area contributed by atoms with E-state index >= 15 is 0 Å². The molecule has 2 rings (SSSR count). The second-order valence-corrected chi connectivity index (χ2v) is 5.62. The van der Waals surface area contributed by atoms with Crippen LogP contribution in [0.2, 0.25) is 0 Å². The SMILES string of the molecule is CCNCc1oc(COc2cccc(C(C)C)c2)cc1C. The van der Waals surface area contributed by atoms with Crippen LogP contribution in [-0.4, -0.2) is 6.54 Å². The van der Waals surface area contributed by atoms with Crippen LogP contribution in [-0.2, 0) is 13.2 Å². The second-order valence-electron chi connectivity index (χ2n) is 5.62. The first kappa shape index (κ1) is 15.6. The first-order valence-electron chi connectivity index (χ1n) is 7.61. The molecule has 3 heteroatoms.